The molecule has 1 N–H and O–H groups in total. The summed E-state index contributed by atoms with van der Waals surface area (Å²) in [5.74, 6) is 0. The number of nitrogens with zero attached hydrogens (tertiary/aromatic N) is 3. The van der Waals surface area contributed by atoms with Crippen LogP contribution in [0.25, 0.3) is 10.7 Å². The van der Waals surface area contributed by atoms with Crippen LogP contribution in [0.1, 0.15) is 18.4 Å². The van der Waals surface area contributed by atoms with Crippen LogP contribution in [0.3, 0.4) is 0 Å². The van der Waals surface area contributed by atoms with Crippen molar-refractivity contribution in [2.24, 2.45) is 0 Å². The highest BCUT2D eigenvalue weighted by Gasteiger charge is 2.07. The number of pyridine rings is 1. The van der Waals surface area contributed by atoms with E-state index in [1.165, 1.54) is 0 Å². The molecule has 2 rings (SSSR count). The van der Waals surface area contributed by atoms with Gasteiger partial charge in [0.2, 0.25) is 0 Å². The number of aromatic nitrogens is 3. The molecule has 0 atom stereocenters. The molecule has 2 aromatic rings. The first kappa shape index (κ1) is 13.4. The van der Waals surface area contributed by atoms with Crippen LogP contribution in [-0.2, 0) is 6.42 Å². The molecule has 0 aromatic carbocycles. The van der Waals surface area contributed by atoms with Crippen LogP contribution < -0.4 is 5.32 Å². The number of rotatable bonds is 6. The molecule has 0 aliphatic heterocycles. The Morgan fingerprint density at radius 2 is 2.17 bits per heavy atom. The summed E-state index contributed by atoms with van der Waals surface area (Å²) in [5.41, 5.74) is 0.824. The zero-order valence-corrected chi connectivity index (χ0v) is 11.8. The molecule has 2 aromatic heterocycles. The standard InChI is InChI=1S/C12H15ClN4S/c1-2-6-14-7-5-11-16-17-12(18-11)10-4-3-9(13)8-15-10/h3-4,8,14H,2,5-7H2,1H3. The van der Waals surface area contributed by atoms with Crippen molar-refractivity contribution in [3.05, 3.63) is 28.4 Å². The average molecular weight is 283 g/mol. The molecule has 0 spiro atoms. The van der Waals surface area contributed by atoms with Gasteiger partial charge in [-0.05, 0) is 25.1 Å². The van der Waals surface area contributed by atoms with Crippen LogP contribution >= 0.6 is 22.9 Å². The average Bonchev–Trinajstić information content (AvgIpc) is 2.84. The van der Waals surface area contributed by atoms with Gasteiger partial charge in [0.1, 0.15) is 10.7 Å². The summed E-state index contributed by atoms with van der Waals surface area (Å²) < 4.78 is 0. The first-order valence-corrected chi connectivity index (χ1v) is 7.14. The van der Waals surface area contributed by atoms with E-state index in [4.69, 9.17) is 11.6 Å². The third kappa shape index (κ3) is 3.73. The van der Waals surface area contributed by atoms with Gasteiger partial charge in [0, 0.05) is 19.2 Å². The van der Waals surface area contributed by atoms with Gasteiger partial charge in [-0.25, -0.2) is 0 Å². The quantitative estimate of drug-likeness (QED) is 0.828. The minimum atomic E-state index is 0.632. The molecule has 0 amide bonds. The third-order valence-corrected chi connectivity index (χ3v) is 3.58. The van der Waals surface area contributed by atoms with Crippen LogP contribution in [0.4, 0.5) is 0 Å². The number of nitrogens with one attached hydrogen (secondary N) is 1. The predicted octanol–water partition coefficient (Wildman–Crippen LogP) is 2.80. The smallest absolute Gasteiger partial charge is 0.166 e. The highest BCUT2D eigenvalue weighted by atomic mass is 35.5. The van der Waals surface area contributed by atoms with E-state index in [9.17, 15) is 0 Å². The van der Waals surface area contributed by atoms with Gasteiger partial charge in [0.05, 0.1) is 5.02 Å². The van der Waals surface area contributed by atoms with E-state index in [-0.39, 0.29) is 0 Å². The molecule has 6 heteroatoms. The first-order chi connectivity index (χ1) is 8.79. The lowest BCUT2D eigenvalue weighted by molar-refractivity contribution is 0.668. The summed E-state index contributed by atoms with van der Waals surface area (Å²) in [6.45, 7) is 4.14. The fraction of sp³-hybridized carbons (Fsp3) is 0.417. The third-order valence-electron chi connectivity index (χ3n) is 2.36. The van der Waals surface area contributed by atoms with Gasteiger partial charge < -0.3 is 5.32 Å². The minimum absolute atomic E-state index is 0.632. The van der Waals surface area contributed by atoms with Crippen LogP contribution in [0.15, 0.2) is 18.3 Å². The first-order valence-electron chi connectivity index (χ1n) is 5.94. The predicted molar refractivity (Wildman–Crippen MR) is 75.0 cm³/mol. The molecule has 0 radical (unpaired) electrons. The van der Waals surface area contributed by atoms with E-state index in [0.717, 1.165) is 41.6 Å². The van der Waals surface area contributed by atoms with Gasteiger partial charge >= 0.3 is 0 Å². The Labute approximate surface area is 115 Å². The van der Waals surface area contributed by atoms with Crippen molar-refractivity contribution in [2.75, 3.05) is 13.1 Å². The summed E-state index contributed by atoms with van der Waals surface area (Å²) in [5, 5.41) is 14.2. The van der Waals surface area contributed by atoms with E-state index in [0.29, 0.717) is 5.02 Å². The molecular formula is C12H15ClN4S. The fourth-order valence-electron chi connectivity index (χ4n) is 1.46. The van der Waals surface area contributed by atoms with E-state index in [2.05, 4.69) is 27.4 Å². The minimum Gasteiger partial charge on any atom is -0.316 e. The summed E-state index contributed by atoms with van der Waals surface area (Å²) >= 11 is 7.38. The molecule has 0 fully saturated rings. The molecule has 18 heavy (non-hydrogen) atoms. The second kappa shape index (κ2) is 6.78. The topological polar surface area (TPSA) is 50.7 Å². The number of hydrogen-bond acceptors (Lipinski definition) is 5. The van der Waals surface area contributed by atoms with Gasteiger partial charge in [-0.3, -0.25) is 4.98 Å². The van der Waals surface area contributed by atoms with Gasteiger partial charge in [-0.2, -0.15) is 0 Å². The second-order valence-electron chi connectivity index (χ2n) is 3.86. The summed E-state index contributed by atoms with van der Waals surface area (Å²) in [4.78, 5) is 4.23. The highest BCUT2D eigenvalue weighted by Crippen LogP contribution is 2.22. The summed E-state index contributed by atoms with van der Waals surface area (Å²) in [6.07, 6.45) is 3.68. The Morgan fingerprint density at radius 3 is 2.89 bits per heavy atom. The van der Waals surface area contributed by atoms with Crippen molar-refractivity contribution in [2.45, 2.75) is 19.8 Å². The Bertz CT molecular complexity index is 483. The van der Waals surface area contributed by atoms with Gasteiger partial charge in [-0.15, -0.1) is 10.2 Å². The zero-order valence-electron chi connectivity index (χ0n) is 10.2. The van der Waals surface area contributed by atoms with E-state index in [1.54, 1.807) is 17.5 Å². The molecule has 4 nitrogen and oxygen atoms in total. The molecule has 0 saturated heterocycles. The van der Waals surface area contributed by atoms with Crippen molar-refractivity contribution < 1.29 is 0 Å². The van der Waals surface area contributed by atoms with Crippen molar-refractivity contribution in [1.82, 2.24) is 20.5 Å². The summed E-state index contributed by atoms with van der Waals surface area (Å²) in [6, 6.07) is 3.68. The fourth-order valence-corrected chi connectivity index (χ4v) is 2.39. The molecule has 2 heterocycles. The Morgan fingerprint density at radius 1 is 1.28 bits per heavy atom. The van der Waals surface area contributed by atoms with Crippen LogP contribution in [0.2, 0.25) is 5.02 Å². The zero-order chi connectivity index (χ0) is 12.8. The normalized spacial score (nSPS) is 10.8. The Balaban J connectivity index is 1.95. The van der Waals surface area contributed by atoms with Gasteiger partial charge in [-0.1, -0.05) is 29.9 Å². The van der Waals surface area contributed by atoms with Crippen molar-refractivity contribution in [3.63, 3.8) is 0 Å². The Kier molecular flexibility index (Phi) is 5.04. The molecule has 0 saturated carbocycles. The molecular weight excluding hydrogens is 268 g/mol. The molecule has 0 aliphatic carbocycles. The largest absolute Gasteiger partial charge is 0.316 e. The molecule has 0 bridgehead atoms. The molecule has 96 valence electrons. The lowest BCUT2D eigenvalue weighted by Crippen LogP contribution is -2.17. The van der Waals surface area contributed by atoms with E-state index >= 15 is 0 Å². The maximum absolute atomic E-state index is 5.80. The number of hydrogen-bond donors (Lipinski definition) is 1. The highest BCUT2D eigenvalue weighted by molar-refractivity contribution is 7.14. The van der Waals surface area contributed by atoms with Gasteiger partial charge in [0.25, 0.3) is 0 Å². The van der Waals surface area contributed by atoms with Crippen LogP contribution in [0.5, 0.6) is 0 Å². The monoisotopic (exact) mass is 282 g/mol. The van der Waals surface area contributed by atoms with Gasteiger partial charge in [0.15, 0.2) is 5.01 Å². The van der Waals surface area contributed by atoms with E-state index < -0.39 is 0 Å². The van der Waals surface area contributed by atoms with Crippen molar-refractivity contribution in [1.29, 1.82) is 0 Å². The SMILES string of the molecule is CCCNCCc1nnc(-c2ccc(Cl)cn2)s1. The molecule has 0 aliphatic rings. The lowest BCUT2D eigenvalue weighted by Gasteiger charge is -1.98. The van der Waals surface area contributed by atoms with Crippen LogP contribution in [-0.4, -0.2) is 28.3 Å². The van der Waals surface area contributed by atoms with Crippen LogP contribution in [0, 0.1) is 0 Å². The van der Waals surface area contributed by atoms with Crippen molar-refractivity contribution >= 4 is 22.9 Å². The maximum atomic E-state index is 5.80. The van der Waals surface area contributed by atoms with E-state index in [1.807, 2.05) is 12.1 Å². The molecule has 0 unspecified atom stereocenters. The van der Waals surface area contributed by atoms with Crippen molar-refractivity contribution in [3.8, 4) is 10.7 Å². The Hall–Kier alpha value is -1.04. The number of halogens is 1. The second-order valence-corrected chi connectivity index (χ2v) is 5.36. The lowest BCUT2D eigenvalue weighted by atomic mass is 10.4. The maximum Gasteiger partial charge on any atom is 0.166 e. The summed E-state index contributed by atoms with van der Waals surface area (Å²) in [7, 11) is 0.